The summed E-state index contributed by atoms with van der Waals surface area (Å²) in [7, 11) is 0. The molecule has 0 aliphatic carbocycles. The van der Waals surface area contributed by atoms with Crippen molar-refractivity contribution < 1.29 is 9.53 Å². The first-order valence-electron chi connectivity index (χ1n) is 8.21. The Morgan fingerprint density at radius 1 is 1.09 bits per heavy atom. The highest BCUT2D eigenvalue weighted by Gasteiger charge is 2.22. The van der Waals surface area contributed by atoms with E-state index in [4.69, 9.17) is 4.74 Å². The van der Waals surface area contributed by atoms with E-state index in [0.29, 0.717) is 12.6 Å². The summed E-state index contributed by atoms with van der Waals surface area (Å²) in [5.41, 5.74) is 1.28. The summed E-state index contributed by atoms with van der Waals surface area (Å²) < 4.78 is 5.31. The van der Waals surface area contributed by atoms with Gasteiger partial charge in [0, 0.05) is 37.9 Å². The Balaban J connectivity index is 1.41. The Hall–Kier alpha value is -1.59. The molecule has 2 aliphatic heterocycles. The van der Waals surface area contributed by atoms with Gasteiger partial charge in [0.25, 0.3) is 0 Å². The average molecular weight is 303 g/mol. The van der Waals surface area contributed by atoms with Crippen LogP contribution in [0.4, 0.5) is 5.69 Å². The first-order chi connectivity index (χ1) is 10.8. The van der Waals surface area contributed by atoms with Gasteiger partial charge in [0.15, 0.2) is 0 Å². The van der Waals surface area contributed by atoms with Crippen LogP contribution >= 0.6 is 0 Å². The number of nitrogens with zero attached hydrogens (tertiary/aromatic N) is 2. The fourth-order valence-corrected chi connectivity index (χ4v) is 3.16. The third-order valence-electron chi connectivity index (χ3n) is 4.45. The number of morpholine rings is 1. The number of hydrogen-bond acceptors (Lipinski definition) is 4. The van der Waals surface area contributed by atoms with E-state index in [2.05, 4.69) is 39.4 Å². The Kier molecular flexibility index (Phi) is 5.29. The van der Waals surface area contributed by atoms with E-state index in [1.165, 1.54) is 5.69 Å². The van der Waals surface area contributed by atoms with E-state index < -0.39 is 0 Å². The number of carbonyl (C=O) groups excluding carboxylic acids is 1. The van der Waals surface area contributed by atoms with Crippen molar-refractivity contribution in [2.24, 2.45) is 0 Å². The van der Waals surface area contributed by atoms with Crippen LogP contribution in [0.1, 0.15) is 12.8 Å². The number of hydrogen-bond donors (Lipinski definition) is 1. The maximum absolute atomic E-state index is 12.1. The molecule has 0 spiro atoms. The molecule has 0 atom stereocenters. The molecule has 1 amide bonds. The summed E-state index contributed by atoms with van der Waals surface area (Å²) in [6, 6.07) is 10.8. The largest absolute Gasteiger partial charge is 0.379 e. The third kappa shape index (κ3) is 4.21. The predicted molar refractivity (Wildman–Crippen MR) is 87.1 cm³/mol. The maximum atomic E-state index is 12.1. The standard InChI is InChI=1S/C17H25N3O2/c21-17(14-19-10-12-22-13-11-19)18-15-6-8-20(9-7-15)16-4-2-1-3-5-16/h1-5,15H,6-14H2,(H,18,21). The molecule has 0 saturated carbocycles. The minimum Gasteiger partial charge on any atom is -0.379 e. The predicted octanol–water partition coefficient (Wildman–Crippen LogP) is 1.10. The molecular formula is C17H25N3O2. The highest BCUT2D eigenvalue weighted by molar-refractivity contribution is 5.78. The molecule has 22 heavy (non-hydrogen) atoms. The number of nitrogens with one attached hydrogen (secondary N) is 1. The molecule has 3 rings (SSSR count). The monoisotopic (exact) mass is 303 g/mol. The van der Waals surface area contributed by atoms with Crippen LogP contribution in [0.5, 0.6) is 0 Å². The van der Waals surface area contributed by atoms with Gasteiger partial charge in [0.2, 0.25) is 5.91 Å². The minimum atomic E-state index is 0.153. The zero-order valence-corrected chi connectivity index (χ0v) is 13.0. The van der Waals surface area contributed by atoms with Crippen molar-refractivity contribution in [3.8, 4) is 0 Å². The molecule has 1 N–H and O–H groups in total. The van der Waals surface area contributed by atoms with E-state index in [9.17, 15) is 4.79 Å². The first kappa shape index (κ1) is 15.3. The fourth-order valence-electron chi connectivity index (χ4n) is 3.16. The zero-order chi connectivity index (χ0) is 15.2. The lowest BCUT2D eigenvalue weighted by Crippen LogP contribution is -2.49. The summed E-state index contributed by atoms with van der Waals surface area (Å²) in [6.07, 6.45) is 2.04. The molecule has 5 heteroatoms. The van der Waals surface area contributed by atoms with Gasteiger partial charge in [-0.1, -0.05) is 18.2 Å². The van der Waals surface area contributed by atoms with Crippen LogP contribution in [0.3, 0.4) is 0 Å². The first-order valence-corrected chi connectivity index (χ1v) is 8.21. The number of benzene rings is 1. The maximum Gasteiger partial charge on any atom is 0.234 e. The second-order valence-electron chi connectivity index (χ2n) is 6.05. The molecule has 2 saturated heterocycles. The van der Waals surface area contributed by atoms with Gasteiger partial charge in [-0.05, 0) is 25.0 Å². The normalized spacial score (nSPS) is 20.8. The Labute approximate surface area is 132 Å². The number of amides is 1. The third-order valence-corrected chi connectivity index (χ3v) is 4.45. The number of piperidine rings is 1. The molecule has 2 fully saturated rings. The molecule has 0 radical (unpaired) electrons. The Bertz CT molecular complexity index is 466. The van der Waals surface area contributed by atoms with Crippen LogP contribution in [-0.4, -0.2) is 62.8 Å². The molecule has 2 aliphatic rings. The molecule has 120 valence electrons. The van der Waals surface area contributed by atoms with Gasteiger partial charge in [0.1, 0.15) is 0 Å². The van der Waals surface area contributed by atoms with Crippen LogP contribution in [-0.2, 0) is 9.53 Å². The number of carbonyl (C=O) groups is 1. The van der Waals surface area contributed by atoms with Gasteiger partial charge in [0.05, 0.1) is 19.8 Å². The van der Waals surface area contributed by atoms with E-state index in [1.807, 2.05) is 6.07 Å². The van der Waals surface area contributed by atoms with Gasteiger partial charge in [-0.3, -0.25) is 9.69 Å². The molecule has 2 heterocycles. The molecule has 1 aromatic carbocycles. The second-order valence-corrected chi connectivity index (χ2v) is 6.05. The summed E-state index contributed by atoms with van der Waals surface area (Å²) in [4.78, 5) is 16.7. The Morgan fingerprint density at radius 2 is 1.77 bits per heavy atom. The van der Waals surface area contributed by atoms with Gasteiger partial charge in [-0.2, -0.15) is 0 Å². The van der Waals surface area contributed by atoms with Crippen LogP contribution in [0.25, 0.3) is 0 Å². The second kappa shape index (κ2) is 7.61. The molecule has 0 unspecified atom stereocenters. The summed E-state index contributed by atoms with van der Waals surface area (Å²) in [5, 5.41) is 3.19. The SMILES string of the molecule is O=C(CN1CCOCC1)NC1CCN(c2ccccc2)CC1. The molecule has 0 aromatic heterocycles. The lowest BCUT2D eigenvalue weighted by Gasteiger charge is -2.34. The van der Waals surface area contributed by atoms with Crippen LogP contribution in [0.2, 0.25) is 0 Å². The van der Waals surface area contributed by atoms with Crippen molar-refractivity contribution >= 4 is 11.6 Å². The number of para-hydroxylation sites is 1. The van der Waals surface area contributed by atoms with Crippen molar-refractivity contribution in [2.45, 2.75) is 18.9 Å². The average Bonchev–Trinajstić information content (AvgIpc) is 2.57. The zero-order valence-electron chi connectivity index (χ0n) is 13.0. The number of rotatable bonds is 4. The van der Waals surface area contributed by atoms with Crippen molar-refractivity contribution in [3.63, 3.8) is 0 Å². The number of anilines is 1. The highest BCUT2D eigenvalue weighted by atomic mass is 16.5. The Morgan fingerprint density at radius 3 is 2.45 bits per heavy atom. The fraction of sp³-hybridized carbons (Fsp3) is 0.588. The lowest BCUT2D eigenvalue weighted by atomic mass is 10.0. The van der Waals surface area contributed by atoms with Crippen LogP contribution in [0, 0.1) is 0 Å². The van der Waals surface area contributed by atoms with E-state index in [0.717, 1.165) is 52.2 Å². The van der Waals surface area contributed by atoms with E-state index >= 15 is 0 Å². The van der Waals surface area contributed by atoms with Crippen molar-refractivity contribution in [3.05, 3.63) is 30.3 Å². The topological polar surface area (TPSA) is 44.8 Å². The van der Waals surface area contributed by atoms with Crippen LogP contribution < -0.4 is 10.2 Å². The van der Waals surface area contributed by atoms with E-state index in [-0.39, 0.29) is 5.91 Å². The summed E-state index contributed by atoms with van der Waals surface area (Å²) in [6.45, 7) is 5.71. The molecule has 5 nitrogen and oxygen atoms in total. The quantitative estimate of drug-likeness (QED) is 0.905. The molecular weight excluding hydrogens is 278 g/mol. The van der Waals surface area contributed by atoms with Gasteiger partial charge >= 0.3 is 0 Å². The summed E-state index contributed by atoms with van der Waals surface area (Å²) >= 11 is 0. The summed E-state index contributed by atoms with van der Waals surface area (Å²) in [5.74, 6) is 0.153. The van der Waals surface area contributed by atoms with Crippen molar-refractivity contribution in [1.29, 1.82) is 0 Å². The van der Waals surface area contributed by atoms with Gasteiger partial charge in [-0.25, -0.2) is 0 Å². The minimum absolute atomic E-state index is 0.153. The lowest BCUT2D eigenvalue weighted by molar-refractivity contribution is -0.124. The molecule has 0 bridgehead atoms. The van der Waals surface area contributed by atoms with Crippen molar-refractivity contribution in [1.82, 2.24) is 10.2 Å². The van der Waals surface area contributed by atoms with Gasteiger partial charge in [-0.15, -0.1) is 0 Å². The highest BCUT2D eigenvalue weighted by Crippen LogP contribution is 2.19. The van der Waals surface area contributed by atoms with Crippen LogP contribution in [0.15, 0.2) is 30.3 Å². The van der Waals surface area contributed by atoms with E-state index in [1.54, 1.807) is 0 Å². The smallest absolute Gasteiger partial charge is 0.234 e. The molecule has 1 aromatic rings. The van der Waals surface area contributed by atoms with Gasteiger partial charge < -0.3 is 15.0 Å². The number of ether oxygens (including phenoxy) is 1. The van der Waals surface area contributed by atoms with Crippen molar-refractivity contribution in [2.75, 3.05) is 50.8 Å².